The molecule has 25 heavy (non-hydrogen) atoms. The number of amides is 2. The molecule has 0 spiro atoms. The summed E-state index contributed by atoms with van der Waals surface area (Å²) in [6.07, 6.45) is 4.78. The zero-order valence-corrected chi connectivity index (χ0v) is 16.5. The Morgan fingerprint density at radius 3 is 2.36 bits per heavy atom. The third-order valence-electron chi connectivity index (χ3n) is 4.94. The zero-order valence-electron chi connectivity index (χ0n) is 16.5. The molecule has 0 radical (unpaired) electrons. The second-order valence-electron chi connectivity index (χ2n) is 8.81. The van der Waals surface area contributed by atoms with Crippen LogP contribution in [0.3, 0.4) is 0 Å². The van der Waals surface area contributed by atoms with Crippen LogP contribution in [-0.2, 0) is 9.53 Å². The van der Waals surface area contributed by atoms with Crippen molar-refractivity contribution in [3.05, 3.63) is 0 Å². The van der Waals surface area contributed by atoms with Crippen molar-refractivity contribution >= 4 is 12.0 Å². The molecule has 2 fully saturated rings. The maximum Gasteiger partial charge on any atom is 0.410 e. The Kier molecular flexibility index (Phi) is 6.35. The van der Waals surface area contributed by atoms with E-state index < -0.39 is 11.6 Å². The fourth-order valence-electron chi connectivity index (χ4n) is 3.26. The van der Waals surface area contributed by atoms with Gasteiger partial charge < -0.3 is 20.3 Å². The van der Waals surface area contributed by atoms with Gasteiger partial charge >= 0.3 is 6.09 Å². The molecule has 0 aromatic heterocycles. The van der Waals surface area contributed by atoms with E-state index in [0.29, 0.717) is 19.1 Å². The van der Waals surface area contributed by atoms with Crippen LogP contribution in [0.2, 0.25) is 0 Å². The first-order valence-corrected chi connectivity index (χ1v) is 9.66. The van der Waals surface area contributed by atoms with E-state index in [0.717, 1.165) is 32.1 Å². The van der Waals surface area contributed by atoms with Gasteiger partial charge in [0.1, 0.15) is 5.60 Å². The molecule has 1 saturated heterocycles. The third kappa shape index (κ3) is 5.59. The maximum atomic E-state index is 12.8. The topological polar surface area (TPSA) is 75.9 Å². The van der Waals surface area contributed by atoms with Crippen molar-refractivity contribution in [3.63, 3.8) is 0 Å². The third-order valence-corrected chi connectivity index (χ3v) is 4.94. The summed E-state index contributed by atoms with van der Waals surface area (Å²) < 4.78 is 5.57. The van der Waals surface area contributed by atoms with Crippen LogP contribution in [0, 0.1) is 5.92 Å². The number of carbonyl (C=O) groups excluding carboxylic acids is 2. The van der Waals surface area contributed by atoms with E-state index in [9.17, 15) is 9.59 Å². The fourth-order valence-corrected chi connectivity index (χ4v) is 3.26. The number of hydrogen-bond acceptors (Lipinski definition) is 4. The largest absolute Gasteiger partial charge is 0.444 e. The summed E-state index contributed by atoms with van der Waals surface area (Å²) in [6.45, 7) is 10.9. The van der Waals surface area contributed by atoms with Gasteiger partial charge in [-0.15, -0.1) is 0 Å². The Labute approximate surface area is 152 Å². The Balaban J connectivity index is 2.07. The summed E-state index contributed by atoms with van der Waals surface area (Å²) in [7, 11) is 0. The smallest absolute Gasteiger partial charge is 0.410 e. The van der Waals surface area contributed by atoms with Crippen LogP contribution in [-0.4, -0.2) is 58.6 Å². The average molecular weight is 354 g/mol. The number of rotatable bonds is 5. The summed E-state index contributed by atoms with van der Waals surface area (Å²) >= 11 is 0. The number of hydrogen-bond donors (Lipinski definition) is 1. The summed E-state index contributed by atoms with van der Waals surface area (Å²) in [5, 5.41) is 0. The molecule has 2 rings (SSSR count). The number of ether oxygens (including phenoxy) is 1. The molecule has 2 atom stereocenters. The monoisotopic (exact) mass is 353 g/mol. The van der Waals surface area contributed by atoms with Gasteiger partial charge in [-0.05, 0) is 58.8 Å². The van der Waals surface area contributed by atoms with Crippen molar-refractivity contribution in [3.8, 4) is 0 Å². The summed E-state index contributed by atoms with van der Waals surface area (Å²) in [4.78, 5) is 29.1. The Hall–Kier alpha value is -1.30. The average Bonchev–Trinajstić information content (AvgIpc) is 3.34. The van der Waals surface area contributed by atoms with Gasteiger partial charge in [-0.1, -0.05) is 13.8 Å². The Morgan fingerprint density at radius 2 is 1.84 bits per heavy atom. The molecule has 0 bridgehead atoms. The van der Waals surface area contributed by atoms with E-state index in [4.69, 9.17) is 10.5 Å². The van der Waals surface area contributed by atoms with Crippen LogP contribution in [0.4, 0.5) is 4.79 Å². The van der Waals surface area contributed by atoms with Crippen LogP contribution < -0.4 is 5.73 Å². The summed E-state index contributed by atoms with van der Waals surface area (Å²) in [5.74, 6) is 0.134. The van der Waals surface area contributed by atoms with Crippen molar-refractivity contribution < 1.29 is 14.3 Å². The van der Waals surface area contributed by atoms with E-state index in [-0.39, 0.29) is 24.0 Å². The Bertz CT molecular complexity index is 483. The van der Waals surface area contributed by atoms with Gasteiger partial charge in [0.05, 0.1) is 12.1 Å². The van der Waals surface area contributed by atoms with E-state index in [1.54, 1.807) is 0 Å². The lowest BCUT2D eigenvalue weighted by Crippen LogP contribution is -2.55. The van der Waals surface area contributed by atoms with Gasteiger partial charge in [0.15, 0.2) is 0 Å². The van der Waals surface area contributed by atoms with Crippen LogP contribution >= 0.6 is 0 Å². The van der Waals surface area contributed by atoms with Gasteiger partial charge in [-0.25, -0.2) is 4.79 Å². The van der Waals surface area contributed by atoms with Gasteiger partial charge in [-0.2, -0.15) is 0 Å². The molecular weight excluding hydrogens is 318 g/mol. The first-order valence-electron chi connectivity index (χ1n) is 9.66. The molecule has 144 valence electrons. The molecule has 1 saturated carbocycles. The van der Waals surface area contributed by atoms with Crippen LogP contribution in [0.1, 0.15) is 66.7 Å². The van der Waals surface area contributed by atoms with Crippen molar-refractivity contribution in [1.82, 2.24) is 9.80 Å². The van der Waals surface area contributed by atoms with Gasteiger partial charge in [0, 0.05) is 19.1 Å². The first kappa shape index (κ1) is 20.0. The lowest BCUT2D eigenvalue weighted by Gasteiger charge is -2.40. The predicted octanol–water partition coefficient (Wildman–Crippen LogP) is 2.75. The molecule has 0 aromatic rings. The summed E-state index contributed by atoms with van der Waals surface area (Å²) in [5.41, 5.74) is 5.60. The van der Waals surface area contributed by atoms with Crippen molar-refractivity contribution in [2.45, 2.75) is 90.4 Å². The highest BCUT2D eigenvalue weighted by molar-refractivity contribution is 5.82. The molecule has 1 unspecified atom stereocenters. The van der Waals surface area contributed by atoms with Crippen molar-refractivity contribution in [2.24, 2.45) is 11.7 Å². The van der Waals surface area contributed by atoms with Gasteiger partial charge in [0.25, 0.3) is 0 Å². The lowest BCUT2D eigenvalue weighted by atomic mass is 10.00. The molecule has 0 aromatic carbocycles. The molecule has 1 heterocycles. The van der Waals surface area contributed by atoms with E-state index >= 15 is 0 Å². The lowest BCUT2D eigenvalue weighted by molar-refractivity contribution is -0.135. The van der Waals surface area contributed by atoms with Crippen molar-refractivity contribution in [1.29, 1.82) is 0 Å². The standard InChI is InChI=1S/C19H35N3O3/c1-13(2)16(20)17(23)22(14-9-10-14)12-15-8-6-7-11-21(15)18(24)25-19(3,4)5/h13-16H,6-12,20H2,1-5H3/t15?,16-/m0/s1. The van der Waals surface area contributed by atoms with E-state index in [2.05, 4.69) is 0 Å². The van der Waals surface area contributed by atoms with E-state index in [1.165, 1.54) is 0 Å². The van der Waals surface area contributed by atoms with Crippen LogP contribution in [0.25, 0.3) is 0 Å². The quantitative estimate of drug-likeness (QED) is 0.824. The number of nitrogens with zero attached hydrogens (tertiary/aromatic N) is 2. The minimum absolute atomic E-state index is 0.0206. The molecule has 1 aliphatic carbocycles. The SMILES string of the molecule is CC(C)[C@H](N)C(=O)N(CC1CCCCN1C(=O)OC(C)(C)C)C1CC1. The molecule has 6 heteroatoms. The molecule has 2 N–H and O–H groups in total. The molecule has 1 aliphatic heterocycles. The number of piperidine rings is 1. The molecule has 2 aliphatic rings. The molecule has 6 nitrogen and oxygen atoms in total. The van der Waals surface area contributed by atoms with Crippen molar-refractivity contribution in [2.75, 3.05) is 13.1 Å². The second kappa shape index (κ2) is 7.94. The zero-order chi connectivity index (χ0) is 18.8. The predicted molar refractivity (Wildman–Crippen MR) is 98.1 cm³/mol. The molecular formula is C19H35N3O3. The minimum atomic E-state index is -0.509. The van der Waals surface area contributed by atoms with Crippen LogP contribution in [0.15, 0.2) is 0 Å². The second-order valence-corrected chi connectivity index (χ2v) is 8.81. The van der Waals surface area contributed by atoms with Gasteiger partial charge in [0.2, 0.25) is 5.91 Å². The highest BCUT2D eigenvalue weighted by atomic mass is 16.6. The van der Waals surface area contributed by atoms with E-state index in [1.807, 2.05) is 44.4 Å². The Morgan fingerprint density at radius 1 is 1.20 bits per heavy atom. The highest BCUT2D eigenvalue weighted by Crippen LogP contribution is 2.30. The summed E-state index contributed by atoms with van der Waals surface area (Å²) in [6, 6.07) is -0.161. The highest BCUT2D eigenvalue weighted by Gasteiger charge is 2.39. The van der Waals surface area contributed by atoms with Crippen LogP contribution in [0.5, 0.6) is 0 Å². The number of likely N-dealkylation sites (tertiary alicyclic amines) is 1. The maximum absolute atomic E-state index is 12.8. The normalized spacial score (nSPS) is 22.7. The number of carbonyl (C=O) groups is 2. The van der Waals surface area contributed by atoms with Gasteiger partial charge in [-0.3, -0.25) is 4.79 Å². The number of nitrogens with two attached hydrogens (primary N) is 1. The minimum Gasteiger partial charge on any atom is -0.444 e. The fraction of sp³-hybridized carbons (Fsp3) is 0.895. The molecule has 2 amide bonds. The first-order chi connectivity index (χ1) is 11.6.